The molecule has 0 saturated heterocycles. The van der Waals surface area contributed by atoms with Gasteiger partial charge >= 0.3 is 5.97 Å². The van der Waals surface area contributed by atoms with Crippen LogP contribution in [0.1, 0.15) is 90.4 Å². The van der Waals surface area contributed by atoms with Gasteiger partial charge in [0.2, 0.25) is 0 Å². The van der Waals surface area contributed by atoms with E-state index in [4.69, 9.17) is 5.11 Å². The first-order valence-electron chi connectivity index (χ1n) is 10.7. The molecule has 1 aliphatic rings. The van der Waals surface area contributed by atoms with Crippen LogP contribution < -0.4 is 0 Å². The lowest BCUT2D eigenvalue weighted by Crippen LogP contribution is -2.22. The van der Waals surface area contributed by atoms with Crippen molar-refractivity contribution < 1.29 is 24.9 Å². The Morgan fingerprint density at radius 2 is 1.59 bits per heavy atom. The Bertz CT molecular complexity index is 460. The number of allylic oxidation sites excluding steroid dienone is 2. The quantitative estimate of drug-likeness (QED) is 0.291. The molecule has 0 amide bonds. The normalized spacial score (nSPS) is 25.3. The number of aliphatic hydroxyl groups is 2. The first-order chi connectivity index (χ1) is 13.0. The summed E-state index contributed by atoms with van der Waals surface area (Å²) in [6, 6.07) is 0. The second-order valence-corrected chi connectivity index (χ2v) is 7.93. The highest BCUT2D eigenvalue weighted by Gasteiger charge is 2.40. The predicted octanol–water partition coefficient (Wildman–Crippen LogP) is 4.26. The molecule has 27 heavy (non-hydrogen) atoms. The largest absolute Gasteiger partial charge is 0.481 e. The smallest absolute Gasteiger partial charge is 0.303 e. The highest BCUT2D eigenvalue weighted by atomic mass is 16.4. The first-order valence-corrected chi connectivity index (χ1v) is 10.7. The summed E-state index contributed by atoms with van der Waals surface area (Å²) in [4.78, 5) is 22.6. The van der Waals surface area contributed by atoms with Crippen LogP contribution in [0.25, 0.3) is 0 Å². The highest BCUT2D eigenvalue weighted by Crippen LogP contribution is 2.38. The molecule has 0 spiro atoms. The van der Waals surface area contributed by atoms with Crippen LogP contribution in [0.15, 0.2) is 12.2 Å². The Labute approximate surface area is 163 Å². The number of hydrogen-bond donors (Lipinski definition) is 3. The van der Waals surface area contributed by atoms with Gasteiger partial charge in [-0.15, -0.1) is 0 Å². The second kappa shape index (κ2) is 13.9. The average Bonchev–Trinajstić information content (AvgIpc) is 2.88. The van der Waals surface area contributed by atoms with Crippen molar-refractivity contribution in [1.29, 1.82) is 0 Å². The molecule has 1 unspecified atom stereocenters. The van der Waals surface area contributed by atoms with Gasteiger partial charge in [0.25, 0.3) is 0 Å². The van der Waals surface area contributed by atoms with Gasteiger partial charge in [-0.2, -0.15) is 0 Å². The molecule has 0 aromatic rings. The molecule has 156 valence electrons. The Morgan fingerprint density at radius 3 is 2.30 bits per heavy atom. The summed E-state index contributed by atoms with van der Waals surface area (Å²) in [7, 11) is 0. The monoisotopic (exact) mass is 382 g/mol. The molecule has 0 radical (unpaired) electrons. The number of carboxylic acids is 1. The van der Waals surface area contributed by atoms with Gasteiger partial charge in [-0.25, -0.2) is 0 Å². The second-order valence-electron chi connectivity index (χ2n) is 7.93. The van der Waals surface area contributed by atoms with E-state index in [-0.39, 0.29) is 24.0 Å². The third-order valence-corrected chi connectivity index (χ3v) is 5.67. The lowest BCUT2D eigenvalue weighted by atomic mass is 9.86. The number of aliphatic carboxylic acids is 1. The minimum Gasteiger partial charge on any atom is -0.481 e. The molecule has 1 aliphatic carbocycles. The van der Waals surface area contributed by atoms with Crippen molar-refractivity contribution in [2.45, 2.75) is 103 Å². The van der Waals surface area contributed by atoms with Crippen LogP contribution in [0.3, 0.4) is 0 Å². The fourth-order valence-electron chi connectivity index (χ4n) is 4.03. The summed E-state index contributed by atoms with van der Waals surface area (Å²) in [6.07, 6.45) is 12.8. The third kappa shape index (κ3) is 10.1. The van der Waals surface area contributed by atoms with E-state index in [1.807, 2.05) is 12.2 Å². The minimum atomic E-state index is -0.784. The van der Waals surface area contributed by atoms with Crippen molar-refractivity contribution >= 4 is 11.8 Å². The Hall–Kier alpha value is -1.20. The van der Waals surface area contributed by atoms with Crippen molar-refractivity contribution in [3.8, 4) is 0 Å². The van der Waals surface area contributed by atoms with Crippen molar-refractivity contribution in [3.63, 3.8) is 0 Å². The summed E-state index contributed by atoms with van der Waals surface area (Å²) in [6.45, 7) is 2.17. The van der Waals surface area contributed by atoms with E-state index < -0.39 is 18.2 Å². The lowest BCUT2D eigenvalue weighted by molar-refractivity contribution is -0.137. The van der Waals surface area contributed by atoms with E-state index >= 15 is 0 Å². The Kier molecular flexibility index (Phi) is 12.3. The molecule has 0 aromatic heterocycles. The van der Waals surface area contributed by atoms with Gasteiger partial charge < -0.3 is 15.3 Å². The topological polar surface area (TPSA) is 94.8 Å². The SMILES string of the molecule is CCCCCCCC(=O)CCC1[C@H](O)C[C@H](O)[C@@H]1C/C=C\CCCC(=O)O. The van der Waals surface area contributed by atoms with Crippen LogP contribution in [0.2, 0.25) is 0 Å². The Balaban J connectivity index is 2.32. The molecule has 4 atom stereocenters. The van der Waals surface area contributed by atoms with Gasteiger partial charge in [-0.3, -0.25) is 9.59 Å². The summed E-state index contributed by atoms with van der Waals surface area (Å²) in [5.41, 5.74) is 0. The zero-order chi connectivity index (χ0) is 20.1. The first kappa shape index (κ1) is 23.8. The highest BCUT2D eigenvalue weighted by molar-refractivity contribution is 5.78. The van der Waals surface area contributed by atoms with E-state index in [9.17, 15) is 19.8 Å². The van der Waals surface area contributed by atoms with Crippen LogP contribution in [-0.2, 0) is 9.59 Å². The number of carbonyl (C=O) groups is 2. The molecule has 5 nitrogen and oxygen atoms in total. The van der Waals surface area contributed by atoms with Gasteiger partial charge in [0.15, 0.2) is 0 Å². The van der Waals surface area contributed by atoms with Crippen molar-refractivity contribution in [2.24, 2.45) is 11.8 Å². The fourth-order valence-corrected chi connectivity index (χ4v) is 4.03. The Morgan fingerprint density at radius 1 is 0.889 bits per heavy atom. The summed E-state index contributed by atoms with van der Waals surface area (Å²) >= 11 is 0. The molecular weight excluding hydrogens is 344 g/mol. The molecule has 0 aromatic carbocycles. The maximum Gasteiger partial charge on any atom is 0.303 e. The van der Waals surface area contributed by atoms with Gasteiger partial charge in [0.05, 0.1) is 12.2 Å². The number of aliphatic hydroxyl groups excluding tert-OH is 2. The number of hydrogen-bond acceptors (Lipinski definition) is 4. The maximum atomic E-state index is 12.1. The molecule has 5 heteroatoms. The van der Waals surface area contributed by atoms with Gasteiger partial charge in [0.1, 0.15) is 5.78 Å². The molecular formula is C22H38O5. The molecule has 0 aliphatic heterocycles. The van der Waals surface area contributed by atoms with Gasteiger partial charge in [0, 0.05) is 19.3 Å². The molecule has 0 bridgehead atoms. The number of rotatable bonds is 15. The number of ketones is 1. The standard InChI is InChI=1S/C22H38O5/c1-2-3-4-5-8-11-17(23)14-15-19-18(20(24)16-21(19)25)12-9-6-7-10-13-22(26)27/h6,9,18-21,24-25H,2-5,7-8,10-16H2,1H3,(H,26,27)/b9-6-/t18-,19?,20+,21-/m1/s1. The summed E-state index contributed by atoms with van der Waals surface area (Å²) < 4.78 is 0. The van der Waals surface area contributed by atoms with Crippen LogP contribution >= 0.6 is 0 Å². The van der Waals surface area contributed by atoms with E-state index in [2.05, 4.69) is 6.92 Å². The zero-order valence-electron chi connectivity index (χ0n) is 16.8. The van der Waals surface area contributed by atoms with Crippen molar-refractivity contribution in [3.05, 3.63) is 12.2 Å². The van der Waals surface area contributed by atoms with Gasteiger partial charge in [-0.05, 0) is 50.4 Å². The van der Waals surface area contributed by atoms with Crippen molar-refractivity contribution in [1.82, 2.24) is 0 Å². The van der Waals surface area contributed by atoms with E-state index in [1.165, 1.54) is 19.3 Å². The molecule has 0 heterocycles. The van der Waals surface area contributed by atoms with Crippen LogP contribution in [-0.4, -0.2) is 39.3 Å². The number of Topliss-reactive ketones (excluding diaryl/α,β-unsaturated/α-hetero) is 1. The molecule has 1 saturated carbocycles. The van der Waals surface area contributed by atoms with E-state index in [0.29, 0.717) is 44.9 Å². The molecule has 1 rings (SSSR count). The minimum absolute atomic E-state index is 0.0203. The number of carbonyl (C=O) groups excluding carboxylic acids is 1. The predicted molar refractivity (Wildman–Crippen MR) is 106 cm³/mol. The fraction of sp³-hybridized carbons (Fsp3) is 0.818. The van der Waals surface area contributed by atoms with Crippen LogP contribution in [0.4, 0.5) is 0 Å². The van der Waals surface area contributed by atoms with E-state index in [1.54, 1.807) is 0 Å². The summed E-state index contributed by atoms with van der Waals surface area (Å²) in [5, 5.41) is 29.1. The lowest BCUT2D eigenvalue weighted by Gasteiger charge is -2.22. The van der Waals surface area contributed by atoms with Crippen LogP contribution in [0.5, 0.6) is 0 Å². The molecule has 1 fully saturated rings. The third-order valence-electron chi connectivity index (χ3n) is 5.67. The number of unbranched alkanes of at least 4 members (excludes halogenated alkanes) is 5. The average molecular weight is 383 g/mol. The van der Waals surface area contributed by atoms with E-state index in [0.717, 1.165) is 12.8 Å². The molecule has 3 N–H and O–H groups in total. The zero-order valence-corrected chi connectivity index (χ0v) is 16.8. The van der Waals surface area contributed by atoms with Crippen molar-refractivity contribution in [2.75, 3.05) is 0 Å². The van der Waals surface area contributed by atoms with Gasteiger partial charge in [-0.1, -0.05) is 44.8 Å². The number of carboxylic acid groups (broad SMARTS) is 1. The summed E-state index contributed by atoms with van der Waals surface area (Å²) in [5.74, 6) is -0.573. The maximum absolute atomic E-state index is 12.1. The van der Waals surface area contributed by atoms with Crippen LogP contribution in [0, 0.1) is 11.8 Å².